The molecule has 2 N–H and O–H groups in total. The Morgan fingerprint density at radius 3 is 2.60 bits per heavy atom. The van der Waals surface area contributed by atoms with Crippen molar-refractivity contribution in [2.75, 3.05) is 5.32 Å². The van der Waals surface area contributed by atoms with Gasteiger partial charge in [-0.15, -0.1) is 0 Å². The molecule has 0 heterocycles. The van der Waals surface area contributed by atoms with Gasteiger partial charge in [0.05, 0.1) is 4.92 Å². The lowest BCUT2D eigenvalue weighted by atomic mass is 9.97. The van der Waals surface area contributed by atoms with Crippen LogP contribution in [-0.4, -0.2) is 21.5 Å². The molecule has 1 saturated carbocycles. The summed E-state index contributed by atoms with van der Waals surface area (Å²) in [5.74, 6) is -0.938. The van der Waals surface area contributed by atoms with Crippen LogP contribution in [0.2, 0.25) is 0 Å². The normalized spacial score (nSPS) is 16.4. The number of hydrogen-bond acceptors (Lipinski definition) is 5. The minimum absolute atomic E-state index is 0.0847. The van der Waals surface area contributed by atoms with E-state index in [9.17, 15) is 20.0 Å². The average molecular weight is 275 g/mol. The highest BCUT2D eigenvalue weighted by Crippen LogP contribution is 2.34. The summed E-state index contributed by atoms with van der Waals surface area (Å²) in [6.07, 6.45) is 2.64. The number of benzene rings is 1. The number of carbonyl (C=O) groups is 1. The number of nitro benzene ring substituents is 1. The summed E-state index contributed by atoms with van der Waals surface area (Å²) in [6.45, 7) is 0. The topological polar surface area (TPSA) is 116 Å². The fourth-order valence-electron chi connectivity index (χ4n) is 2.51. The molecule has 0 saturated heterocycles. The quantitative estimate of drug-likeness (QED) is 0.643. The van der Waals surface area contributed by atoms with E-state index in [2.05, 4.69) is 5.32 Å². The van der Waals surface area contributed by atoms with Gasteiger partial charge in [0.2, 0.25) is 0 Å². The lowest BCUT2D eigenvalue weighted by Crippen LogP contribution is -2.43. The number of hydrogen-bond donors (Lipinski definition) is 2. The van der Waals surface area contributed by atoms with E-state index in [1.54, 1.807) is 6.07 Å². The van der Waals surface area contributed by atoms with E-state index in [0.717, 1.165) is 12.8 Å². The Morgan fingerprint density at radius 2 is 2.10 bits per heavy atom. The molecule has 0 aromatic heterocycles. The fourth-order valence-corrected chi connectivity index (χ4v) is 2.51. The molecule has 0 atom stereocenters. The van der Waals surface area contributed by atoms with Crippen molar-refractivity contribution in [2.24, 2.45) is 0 Å². The highest BCUT2D eigenvalue weighted by Gasteiger charge is 2.41. The van der Waals surface area contributed by atoms with Crippen molar-refractivity contribution < 1.29 is 14.8 Å². The third-order valence-corrected chi connectivity index (χ3v) is 3.56. The SMILES string of the molecule is N#Cc1cc(NC2(C(=O)O)CCCC2)ccc1[N+](=O)[O-]. The summed E-state index contributed by atoms with van der Waals surface area (Å²) in [6, 6.07) is 5.72. The van der Waals surface area contributed by atoms with Crippen LogP contribution in [0.3, 0.4) is 0 Å². The summed E-state index contributed by atoms with van der Waals surface area (Å²) in [4.78, 5) is 21.5. The van der Waals surface area contributed by atoms with Crippen LogP contribution >= 0.6 is 0 Å². The zero-order valence-electron chi connectivity index (χ0n) is 10.6. The monoisotopic (exact) mass is 275 g/mol. The molecule has 1 aliphatic carbocycles. The minimum Gasteiger partial charge on any atom is -0.480 e. The zero-order valence-corrected chi connectivity index (χ0v) is 10.6. The minimum atomic E-state index is -1.04. The van der Waals surface area contributed by atoms with Gasteiger partial charge in [-0.05, 0) is 25.0 Å². The molecule has 0 unspecified atom stereocenters. The number of nitrogens with one attached hydrogen (secondary N) is 1. The van der Waals surface area contributed by atoms with Gasteiger partial charge in [0, 0.05) is 11.8 Å². The van der Waals surface area contributed by atoms with Crippen LogP contribution in [0.4, 0.5) is 11.4 Å². The predicted octanol–water partition coefficient (Wildman–Crippen LogP) is 2.28. The number of carboxylic acids is 1. The molecule has 0 aliphatic heterocycles. The molecule has 7 heteroatoms. The second kappa shape index (κ2) is 5.17. The largest absolute Gasteiger partial charge is 0.480 e. The van der Waals surface area contributed by atoms with Gasteiger partial charge in [-0.1, -0.05) is 12.8 Å². The van der Waals surface area contributed by atoms with Gasteiger partial charge in [0.25, 0.3) is 5.69 Å². The second-order valence-corrected chi connectivity index (χ2v) is 4.82. The molecule has 104 valence electrons. The third-order valence-electron chi connectivity index (χ3n) is 3.56. The molecule has 0 spiro atoms. The van der Waals surface area contributed by atoms with E-state index in [1.807, 2.05) is 0 Å². The predicted molar refractivity (Wildman–Crippen MR) is 70.3 cm³/mol. The Morgan fingerprint density at radius 1 is 1.45 bits per heavy atom. The van der Waals surface area contributed by atoms with Gasteiger partial charge in [-0.25, -0.2) is 4.79 Å². The molecule has 0 amide bonds. The molecule has 1 aromatic carbocycles. The van der Waals surface area contributed by atoms with Crippen LogP contribution in [0.25, 0.3) is 0 Å². The van der Waals surface area contributed by atoms with Gasteiger partial charge >= 0.3 is 5.97 Å². The van der Waals surface area contributed by atoms with Crippen LogP contribution in [0, 0.1) is 21.4 Å². The second-order valence-electron chi connectivity index (χ2n) is 4.82. The van der Waals surface area contributed by atoms with Crippen molar-refractivity contribution in [3.63, 3.8) is 0 Å². The molecular weight excluding hydrogens is 262 g/mol. The number of carboxylic acid groups (broad SMARTS) is 1. The molecule has 0 radical (unpaired) electrons. The van der Waals surface area contributed by atoms with Crippen LogP contribution < -0.4 is 5.32 Å². The van der Waals surface area contributed by atoms with Crippen molar-refractivity contribution >= 4 is 17.3 Å². The summed E-state index contributed by atoms with van der Waals surface area (Å²) < 4.78 is 0. The van der Waals surface area contributed by atoms with Crippen LogP contribution in [0.1, 0.15) is 31.2 Å². The number of nitrogens with zero attached hydrogens (tertiary/aromatic N) is 2. The Bertz CT molecular complexity index is 600. The van der Waals surface area contributed by atoms with Crippen molar-refractivity contribution in [3.05, 3.63) is 33.9 Å². The Balaban J connectivity index is 2.33. The van der Waals surface area contributed by atoms with Gasteiger partial charge in [0.15, 0.2) is 0 Å². The first kappa shape index (κ1) is 13.8. The van der Waals surface area contributed by atoms with E-state index in [-0.39, 0.29) is 11.3 Å². The van der Waals surface area contributed by atoms with Crippen LogP contribution in [0.15, 0.2) is 18.2 Å². The first-order valence-electron chi connectivity index (χ1n) is 6.19. The maximum atomic E-state index is 11.4. The number of nitriles is 1. The Kier molecular flexibility index (Phi) is 3.57. The summed E-state index contributed by atoms with van der Waals surface area (Å²) in [5, 5.41) is 32.0. The first-order chi connectivity index (χ1) is 9.48. The van der Waals surface area contributed by atoms with E-state index >= 15 is 0 Å². The molecule has 20 heavy (non-hydrogen) atoms. The number of rotatable bonds is 4. The number of nitro groups is 1. The third kappa shape index (κ3) is 2.40. The van der Waals surface area contributed by atoms with E-state index < -0.39 is 16.4 Å². The molecule has 7 nitrogen and oxygen atoms in total. The van der Waals surface area contributed by atoms with Crippen molar-refractivity contribution in [2.45, 2.75) is 31.2 Å². The first-order valence-corrected chi connectivity index (χ1v) is 6.19. The standard InChI is InChI=1S/C13H13N3O4/c14-8-9-7-10(3-4-11(9)16(19)20)15-13(12(17)18)5-1-2-6-13/h3-4,7,15H,1-2,5-6H2,(H,17,18). The van der Waals surface area contributed by atoms with Crippen molar-refractivity contribution in [1.82, 2.24) is 0 Å². The average Bonchev–Trinajstić information content (AvgIpc) is 2.88. The van der Waals surface area contributed by atoms with E-state index in [4.69, 9.17) is 5.26 Å². The van der Waals surface area contributed by atoms with Crippen molar-refractivity contribution in [1.29, 1.82) is 5.26 Å². The molecule has 0 bridgehead atoms. The molecule has 1 aromatic rings. The summed E-state index contributed by atoms with van der Waals surface area (Å²) in [5.41, 5.74) is -0.994. The molecule has 1 aliphatic rings. The van der Waals surface area contributed by atoms with Crippen LogP contribution in [0.5, 0.6) is 0 Å². The van der Waals surface area contributed by atoms with Gasteiger partial charge in [-0.3, -0.25) is 10.1 Å². The highest BCUT2D eigenvalue weighted by atomic mass is 16.6. The van der Waals surface area contributed by atoms with Crippen LogP contribution in [-0.2, 0) is 4.79 Å². The van der Waals surface area contributed by atoms with Crippen molar-refractivity contribution in [3.8, 4) is 6.07 Å². The maximum absolute atomic E-state index is 11.4. The molecular formula is C13H13N3O4. The highest BCUT2D eigenvalue weighted by molar-refractivity contribution is 5.83. The lowest BCUT2D eigenvalue weighted by Gasteiger charge is -2.26. The molecule has 2 rings (SSSR count). The Hall–Kier alpha value is -2.62. The zero-order chi connectivity index (χ0) is 14.8. The maximum Gasteiger partial charge on any atom is 0.329 e. The van der Waals surface area contributed by atoms with E-state index in [0.29, 0.717) is 18.5 Å². The van der Waals surface area contributed by atoms with Gasteiger partial charge in [0.1, 0.15) is 17.2 Å². The Labute approximate surface area is 115 Å². The van der Waals surface area contributed by atoms with Gasteiger partial charge in [-0.2, -0.15) is 5.26 Å². The summed E-state index contributed by atoms with van der Waals surface area (Å²) in [7, 11) is 0. The number of anilines is 1. The number of aliphatic carboxylic acids is 1. The lowest BCUT2D eigenvalue weighted by molar-refractivity contribution is -0.385. The molecule has 1 fully saturated rings. The van der Waals surface area contributed by atoms with E-state index in [1.165, 1.54) is 18.2 Å². The summed E-state index contributed by atoms with van der Waals surface area (Å²) >= 11 is 0. The smallest absolute Gasteiger partial charge is 0.329 e. The van der Waals surface area contributed by atoms with Gasteiger partial charge < -0.3 is 10.4 Å². The fraction of sp³-hybridized carbons (Fsp3) is 0.385.